The molecule has 5 rings (SSSR count). The van der Waals surface area contributed by atoms with E-state index in [-0.39, 0.29) is 17.2 Å². The van der Waals surface area contributed by atoms with Crippen molar-refractivity contribution < 1.29 is 89.7 Å². The van der Waals surface area contributed by atoms with E-state index in [4.69, 9.17) is 28.4 Å². The molecule has 0 aliphatic carbocycles. The number of hydrogen-bond acceptors (Lipinski definition) is 18. The lowest BCUT2D eigenvalue weighted by Crippen LogP contribution is -2.65. The molecule has 278 valence electrons. The lowest BCUT2D eigenvalue weighted by Gasteiger charge is -2.45. The van der Waals surface area contributed by atoms with Crippen LogP contribution < -0.4 is 9.47 Å². The third kappa shape index (κ3) is 8.37. The van der Waals surface area contributed by atoms with Crippen molar-refractivity contribution in [2.75, 3.05) is 19.8 Å². The first-order valence-corrected chi connectivity index (χ1v) is 15.7. The minimum absolute atomic E-state index is 0.0548. The minimum atomic E-state index is -1.82. The first-order valence-electron chi connectivity index (χ1n) is 15.7. The van der Waals surface area contributed by atoms with E-state index >= 15 is 0 Å². The molecule has 0 radical (unpaired) electrons. The van der Waals surface area contributed by atoms with Crippen molar-refractivity contribution in [3.8, 4) is 17.2 Å². The molecule has 3 saturated heterocycles. The highest BCUT2D eigenvalue weighted by atomic mass is 16.8. The van der Waals surface area contributed by atoms with E-state index in [9.17, 15) is 61.3 Å². The lowest BCUT2D eigenvalue weighted by molar-refractivity contribution is -0.357. The van der Waals surface area contributed by atoms with E-state index in [1.54, 1.807) is 24.3 Å². The topological polar surface area (TPSA) is 298 Å². The quantitative estimate of drug-likeness (QED) is 0.0981. The normalized spacial score (nSPS) is 39.4. The number of benzene rings is 2. The molecule has 2 aromatic rings. The third-order valence-electron chi connectivity index (χ3n) is 8.58. The van der Waals surface area contributed by atoms with Gasteiger partial charge in [0.1, 0.15) is 84.4 Å². The second-order valence-corrected chi connectivity index (χ2v) is 12.1. The summed E-state index contributed by atoms with van der Waals surface area (Å²) in [5.74, 6) is 0.0403. The summed E-state index contributed by atoms with van der Waals surface area (Å²) in [5, 5.41) is 121. The summed E-state index contributed by atoms with van der Waals surface area (Å²) in [7, 11) is 0. The Morgan fingerprint density at radius 3 is 1.56 bits per heavy atom. The Morgan fingerprint density at radius 1 is 0.500 bits per heavy atom. The van der Waals surface area contributed by atoms with E-state index in [1.165, 1.54) is 30.3 Å². The van der Waals surface area contributed by atoms with Crippen LogP contribution in [0.15, 0.2) is 42.5 Å². The molecule has 0 unspecified atom stereocenters. The number of phenols is 1. The number of ether oxygens (including phenoxy) is 6. The molecule has 0 saturated carbocycles. The van der Waals surface area contributed by atoms with Crippen LogP contribution in [0.5, 0.6) is 17.2 Å². The molecule has 50 heavy (non-hydrogen) atoms. The van der Waals surface area contributed by atoms with Gasteiger partial charge in [0.15, 0.2) is 12.4 Å². The number of aliphatic hydroxyl groups is 11. The van der Waals surface area contributed by atoms with Crippen molar-refractivity contribution in [2.24, 2.45) is 0 Å². The van der Waals surface area contributed by atoms with Crippen LogP contribution in [0.25, 0.3) is 12.2 Å². The average Bonchev–Trinajstić information content (AvgIpc) is 3.10. The van der Waals surface area contributed by atoms with Crippen molar-refractivity contribution in [3.63, 3.8) is 0 Å². The smallest absolute Gasteiger partial charge is 0.229 e. The van der Waals surface area contributed by atoms with Crippen molar-refractivity contribution in [1.29, 1.82) is 0 Å². The zero-order valence-corrected chi connectivity index (χ0v) is 26.3. The average molecular weight is 715 g/mol. The molecule has 0 bridgehead atoms. The highest BCUT2D eigenvalue weighted by molar-refractivity contribution is 5.71. The van der Waals surface area contributed by atoms with Crippen LogP contribution in [0, 0.1) is 0 Å². The summed E-state index contributed by atoms with van der Waals surface area (Å²) < 4.78 is 33.5. The standard InChI is InChI=1S/C32H42O18/c33-10-18-21(37)24(40)27(43)30(47-18)46-17-8-14(7-15(36)9-17)2-1-13-3-5-16(6-4-13)45-32-29(26(42)23(39)20(12-35)49-32)50-31-28(44)25(41)22(38)19(11-34)48-31/h1-9,18-44H,10-12H2/b2-1+/t18-,19-,20-,21-,22-,23-,24+,25+,26+,27-,28-,29-,30+,31-,32+/m1/s1. The maximum atomic E-state index is 10.8. The molecule has 0 spiro atoms. The summed E-state index contributed by atoms with van der Waals surface area (Å²) in [6, 6.07) is 10.5. The Morgan fingerprint density at radius 2 is 0.980 bits per heavy atom. The largest absolute Gasteiger partial charge is 0.508 e. The second kappa shape index (κ2) is 16.5. The Bertz CT molecular complexity index is 1410. The second-order valence-electron chi connectivity index (χ2n) is 12.1. The first-order chi connectivity index (χ1) is 23.8. The third-order valence-corrected chi connectivity index (χ3v) is 8.58. The Kier molecular flexibility index (Phi) is 12.6. The maximum absolute atomic E-state index is 10.8. The van der Waals surface area contributed by atoms with Crippen molar-refractivity contribution in [2.45, 2.75) is 92.1 Å². The SMILES string of the molecule is OC[C@H]1O[C@H](Oc2cc(O)cc(/C=C/c3ccc(O[C@H]4O[C@H](CO)[C@@H](O)[C@H](O)[C@H]4O[C@H]4O[C@H](CO)[C@@H](O)[C@H](O)[C@H]4O)cc3)c2)[C@H](O)[C@@H](O)[C@@H]1O. The molecule has 15 atom stereocenters. The predicted molar refractivity (Wildman–Crippen MR) is 165 cm³/mol. The van der Waals surface area contributed by atoms with Crippen molar-refractivity contribution in [1.82, 2.24) is 0 Å². The monoisotopic (exact) mass is 714 g/mol. The molecule has 18 heteroatoms. The molecule has 2 aromatic carbocycles. The summed E-state index contributed by atoms with van der Waals surface area (Å²) in [6.45, 7) is -2.06. The molecular weight excluding hydrogens is 672 g/mol. The molecule has 18 nitrogen and oxygen atoms in total. The number of aromatic hydroxyl groups is 1. The zero-order chi connectivity index (χ0) is 36.3. The van der Waals surface area contributed by atoms with Crippen LogP contribution >= 0.6 is 0 Å². The van der Waals surface area contributed by atoms with Gasteiger partial charge in [-0.2, -0.15) is 0 Å². The summed E-state index contributed by atoms with van der Waals surface area (Å²) in [4.78, 5) is 0. The van der Waals surface area contributed by atoms with Gasteiger partial charge in [-0.05, 0) is 35.4 Å². The Hall–Kier alpha value is -3.02. The zero-order valence-electron chi connectivity index (χ0n) is 26.3. The van der Waals surface area contributed by atoms with Crippen LogP contribution in [-0.2, 0) is 18.9 Å². The van der Waals surface area contributed by atoms with E-state index in [2.05, 4.69) is 0 Å². The van der Waals surface area contributed by atoms with Gasteiger partial charge in [0, 0.05) is 6.07 Å². The fourth-order valence-corrected chi connectivity index (χ4v) is 5.68. The number of hydrogen-bond donors (Lipinski definition) is 12. The first kappa shape index (κ1) is 38.2. The highest BCUT2D eigenvalue weighted by Gasteiger charge is 2.51. The van der Waals surface area contributed by atoms with Gasteiger partial charge in [-0.25, -0.2) is 0 Å². The Labute approximate surface area is 284 Å². The molecular formula is C32H42O18. The van der Waals surface area contributed by atoms with Crippen LogP contribution in [-0.4, -0.2) is 173 Å². The van der Waals surface area contributed by atoms with Crippen molar-refractivity contribution in [3.05, 3.63) is 53.6 Å². The van der Waals surface area contributed by atoms with Crippen LogP contribution in [0.3, 0.4) is 0 Å². The number of phenolic OH excluding ortho intramolecular Hbond substituents is 1. The molecule has 3 aliphatic heterocycles. The molecule has 0 amide bonds. The maximum Gasteiger partial charge on any atom is 0.229 e. The molecule has 3 fully saturated rings. The highest BCUT2D eigenvalue weighted by Crippen LogP contribution is 2.32. The lowest BCUT2D eigenvalue weighted by atomic mass is 9.97. The predicted octanol–water partition coefficient (Wildman–Crippen LogP) is -4.26. The van der Waals surface area contributed by atoms with Gasteiger partial charge in [0.2, 0.25) is 12.6 Å². The van der Waals surface area contributed by atoms with Gasteiger partial charge in [0.25, 0.3) is 0 Å². The van der Waals surface area contributed by atoms with Crippen molar-refractivity contribution >= 4 is 12.2 Å². The number of aliphatic hydroxyl groups excluding tert-OH is 11. The van der Waals surface area contributed by atoms with E-state index in [0.717, 1.165) is 0 Å². The van der Waals surface area contributed by atoms with Gasteiger partial charge < -0.3 is 89.7 Å². The van der Waals surface area contributed by atoms with Gasteiger partial charge in [-0.1, -0.05) is 24.3 Å². The molecule has 0 aromatic heterocycles. The molecule has 3 aliphatic rings. The fourth-order valence-electron chi connectivity index (χ4n) is 5.68. The number of rotatable bonds is 11. The summed E-state index contributed by atoms with van der Waals surface area (Å²) in [6.07, 6.45) is -20.2. The Balaban J connectivity index is 1.26. The van der Waals surface area contributed by atoms with Gasteiger partial charge in [0.05, 0.1) is 19.8 Å². The van der Waals surface area contributed by atoms with E-state index < -0.39 is 112 Å². The summed E-state index contributed by atoms with van der Waals surface area (Å²) >= 11 is 0. The van der Waals surface area contributed by atoms with Crippen LogP contribution in [0.4, 0.5) is 0 Å². The van der Waals surface area contributed by atoms with Crippen LogP contribution in [0.2, 0.25) is 0 Å². The van der Waals surface area contributed by atoms with E-state index in [0.29, 0.717) is 11.1 Å². The van der Waals surface area contributed by atoms with Gasteiger partial charge in [-0.3, -0.25) is 0 Å². The molecule has 3 heterocycles. The molecule has 12 N–H and O–H groups in total. The van der Waals surface area contributed by atoms with E-state index in [1.807, 2.05) is 0 Å². The van der Waals surface area contributed by atoms with Gasteiger partial charge in [-0.15, -0.1) is 0 Å². The summed E-state index contributed by atoms with van der Waals surface area (Å²) in [5.41, 5.74) is 1.09. The van der Waals surface area contributed by atoms with Crippen LogP contribution in [0.1, 0.15) is 11.1 Å². The fraction of sp³-hybridized carbons (Fsp3) is 0.562. The van der Waals surface area contributed by atoms with Gasteiger partial charge >= 0.3 is 0 Å². The minimum Gasteiger partial charge on any atom is -0.508 e.